The Morgan fingerprint density at radius 3 is 2.55 bits per heavy atom. The highest BCUT2D eigenvalue weighted by atomic mass is 16.4. The minimum absolute atomic E-state index is 0.0789. The van der Waals surface area contributed by atoms with Crippen LogP contribution in [-0.4, -0.2) is 45.4 Å². The standard InChI is InChI=1S/C22H29N3O4/c1-3-24(4-2)20(26)14-25-11-10-15-13-18(8-9-19(15)25)23-21(27)16-6-5-7-17(12-16)22(28)29/h8-11,13,16-17H,3-7,12,14H2,1-2H3,(H,23,27)(H,28,29). The van der Waals surface area contributed by atoms with Crippen LogP contribution in [0.5, 0.6) is 0 Å². The van der Waals surface area contributed by atoms with Crippen molar-refractivity contribution in [3.8, 4) is 0 Å². The van der Waals surface area contributed by atoms with Gasteiger partial charge in [0.1, 0.15) is 6.54 Å². The Morgan fingerprint density at radius 2 is 1.86 bits per heavy atom. The van der Waals surface area contributed by atoms with Crippen LogP contribution < -0.4 is 5.32 Å². The van der Waals surface area contributed by atoms with Gasteiger partial charge in [0.2, 0.25) is 11.8 Å². The van der Waals surface area contributed by atoms with Crippen molar-refractivity contribution < 1.29 is 19.5 Å². The molecule has 156 valence electrons. The van der Waals surface area contributed by atoms with E-state index in [4.69, 9.17) is 0 Å². The summed E-state index contributed by atoms with van der Waals surface area (Å²) >= 11 is 0. The molecule has 2 N–H and O–H groups in total. The first-order valence-electron chi connectivity index (χ1n) is 10.3. The van der Waals surface area contributed by atoms with Crippen molar-refractivity contribution in [2.75, 3.05) is 18.4 Å². The van der Waals surface area contributed by atoms with Crippen LogP contribution in [0, 0.1) is 11.8 Å². The molecule has 1 fully saturated rings. The molecule has 3 rings (SSSR count). The van der Waals surface area contributed by atoms with E-state index >= 15 is 0 Å². The zero-order chi connectivity index (χ0) is 21.0. The molecule has 1 heterocycles. The van der Waals surface area contributed by atoms with E-state index in [0.29, 0.717) is 31.6 Å². The SMILES string of the molecule is CCN(CC)C(=O)Cn1ccc2cc(NC(=O)C3CCCC(C(=O)O)C3)ccc21. The number of carboxylic acids is 1. The maximum atomic E-state index is 12.6. The zero-order valence-corrected chi connectivity index (χ0v) is 17.1. The molecule has 0 spiro atoms. The maximum Gasteiger partial charge on any atom is 0.306 e. The normalized spacial score (nSPS) is 19.1. The average Bonchev–Trinajstić information content (AvgIpc) is 3.11. The predicted octanol–water partition coefficient (Wildman–Crippen LogP) is 3.34. The van der Waals surface area contributed by atoms with Crippen LogP contribution in [0.4, 0.5) is 5.69 Å². The lowest BCUT2D eigenvalue weighted by Crippen LogP contribution is -2.33. The second kappa shape index (κ2) is 9.11. The number of aliphatic carboxylic acids is 1. The van der Waals surface area contributed by atoms with Gasteiger partial charge in [-0.3, -0.25) is 14.4 Å². The van der Waals surface area contributed by atoms with E-state index in [1.807, 2.05) is 48.9 Å². The Bertz CT molecular complexity index is 901. The zero-order valence-electron chi connectivity index (χ0n) is 17.1. The molecule has 1 aliphatic rings. The highest BCUT2D eigenvalue weighted by molar-refractivity contribution is 5.95. The quantitative estimate of drug-likeness (QED) is 0.747. The first-order chi connectivity index (χ1) is 13.9. The molecule has 2 amide bonds. The smallest absolute Gasteiger partial charge is 0.306 e. The number of carbonyl (C=O) groups is 3. The largest absolute Gasteiger partial charge is 0.481 e. The molecular formula is C22H29N3O4. The summed E-state index contributed by atoms with van der Waals surface area (Å²) in [5.41, 5.74) is 1.62. The van der Waals surface area contributed by atoms with Crippen molar-refractivity contribution >= 4 is 34.4 Å². The number of likely N-dealkylation sites (N-methyl/N-ethyl adjacent to an activating group) is 1. The Kier molecular flexibility index (Phi) is 6.56. The average molecular weight is 399 g/mol. The fraction of sp³-hybridized carbons (Fsp3) is 0.500. The highest BCUT2D eigenvalue weighted by Gasteiger charge is 2.31. The number of fused-ring (bicyclic) bond motifs is 1. The molecule has 2 atom stereocenters. The number of anilines is 1. The number of aromatic nitrogens is 1. The summed E-state index contributed by atoms with van der Waals surface area (Å²) in [5.74, 6) is -1.55. The van der Waals surface area contributed by atoms with Gasteiger partial charge in [-0.1, -0.05) is 6.42 Å². The van der Waals surface area contributed by atoms with E-state index < -0.39 is 11.9 Å². The predicted molar refractivity (Wildman–Crippen MR) is 112 cm³/mol. The molecule has 1 aliphatic carbocycles. The van der Waals surface area contributed by atoms with Gasteiger partial charge in [0.05, 0.1) is 5.92 Å². The van der Waals surface area contributed by atoms with Crippen LogP contribution in [0.25, 0.3) is 10.9 Å². The van der Waals surface area contributed by atoms with E-state index in [0.717, 1.165) is 23.7 Å². The van der Waals surface area contributed by atoms with Crippen LogP contribution in [0.2, 0.25) is 0 Å². The van der Waals surface area contributed by atoms with Gasteiger partial charge < -0.3 is 19.9 Å². The number of hydrogen-bond donors (Lipinski definition) is 2. The molecule has 2 unspecified atom stereocenters. The number of rotatable bonds is 7. The molecule has 1 aromatic carbocycles. The molecule has 2 aromatic rings. The summed E-state index contributed by atoms with van der Waals surface area (Å²) in [6, 6.07) is 7.56. The Hall–Kier alpha value is -2.83. The third kappa shape index (κ3) is 4.78. The van der Waals surface area contributed by atoms with Gasteiger partial charge in [0.25, 0.3) is 0 Å². The van der Waals surface area contributed by atoms with Crippen LogP contribution in [0.15, 0.2) is 30.5 Å². The van der Waals surface area contributed by atoms with Crippen molar-refractivity contribution in [1.29, 1.82) is 0 Å². The van der Waals surface area contributed by atoms with Crippen LogP contribution in [0.1, 0.15) is 39.5 Å². The fourth-order valence-electron chi connectivity index (χ4n) is 4.13. The molecule has 29 heavy (non-hydrogen) atoms. The highest BCUT2D eigenvalue weighted by Crippen LogP contribution is 2.30. The van der Waals surface area contributed by atoms with Crippen molar-refractivity contribution in [3.63, 3.8) is 0 Å². The lowest BCUT2D eigenvalue weighted by atomic mass is 9.81. The van der Waals surface area contributed by atoms with Crippen LogP contribution in [0.3, 0.4) is 0 Å². The number of nitrogens with one attached hydrogen (secondary N) is 1. The third-order valence-electron chi connectivity index (χ3n) is 5.85. The van der Waals surface area contributed by atoms with Gasteiger partial charge in [0.15, 0.2) is 0 Å². The molecule has 0 radical (unpaired) electrons. The minimum atomic E-state index is -0.815. The summed E-state index contributed by atoms with van der Waals surface area (Å²) in [6.07, 6.45) is 4.41. The van der Waals surface area contributed by atoms with Gasteiger partial charge in [-0.2, -0.15) is 0 Å². The molecule has 0 bridgehead atoms. The molecule has 0 saturated heterocycles. The summed E-state index contributed by atoms with van der Waals surface area (Å²) in [4.78, 5) is 38.0. The van der Waals surface area contributed by atoms with Gasteiger partial charge in [-0.15, -0.1) is 0 Å². The van der Waals surface area contributed by atoms with Crippen molar-refractivity contribution in [2.45, 2.75) is 46.1 Å². The number of carboxylic acid groups (broad SMARTS) is 1. The van der Waals surface area contributed by atoms with Crippen molar-refractivity contribution in [3.05, 3.63) is 30.5 Å². The van der Waals surface area contributed by atoms with Gasteiger partial charge >= 0.3 is 5.97 Å². The van der Waals surface area contributed by atoms with Crippen molar-refractivity contribution in [1.82, 2.24) is 9.47 Å². The van der Waals surface area contributed by atoms with Crippen LogP contribution >= 0.6 is 0 Å². The summed E-state index contributed by atoms with van der Waals surface area (Å²) < 4.78 is 1.92. The second-order valence-electron chi connectivity index (χ2n) is 7.67. The lowest BCUT2D eigenvalue weighted by molar-refractivity contribution is -0.143. The van der Waals surface area contributed by atoms with Crippen LogP contribution in [-0.2, 0) is 20.9 Å². The number of carbonyl (C=O) groups excluding carboxylic acids is 2. The molecular weight excluding hydrogens is 370 g/mol. The minimum Gasteiger partial charge on any atom is -0.481 e. The monoisotopic (exact) mass is 399 g/mol. The first kappa shape index (κ1) is 20.9. The van der Waals surface area contributed by atoms with Gasteiger partial charge in [-0.25, -0.2) is 0 Å². The molecule has 7 nitrogen and oxygen atoms in total. The van der Waals surface area contributed by atoms with E-state index in [1.54, 1.807) is 4.90 Å². The molecule has 1 aromatic heterocycles. The number of benzene rings is 1. The molecule has 7 heteroatoms. The van der Waals surface area contributed by atoms with E-state index in [1.165, 1.54) is 0 Å². The Balaban J connectivity index is 1.68. The van der Waals surface area contributed by atoms with E-state index in [-0.39, 0.29) is 24.3 Å². The number of amides is 2. The Morgan fingerprint density at radius 1 is 1.14 bits per heavy atom. The van der Waals surface area contributed by atoms with Crippen molar-refractivity contribution in [2.24, 2.45) is 11.8 Å². The second-order valence-corrected chi connectivity index (χ2v) is 7.67. The maximum absolute atomic E-state index is 12.6. The topological polar surface area (TPSA) is 91.6 Å². The van der Waals surface area contributed by atoms with E-state index in [9.17, 15) is 19.5 Å². The van der Waals surface area contributed by atoms with Gasteiger partial charge in [0, 0.05) is 41.8 Å². The number of hydrogen-bond acceptors (Lipinski definition) is 3. The molecule has 1 saturated carbocycles. The third-order valence-corrected chi connectivity index (χ3v) is 5.85. The lowest BCUT2D eigenvalue weighted by Gasteiger charge is -2.25. The summed E-state index contributed by atoms with van der Waals surface area (Å²) in [6.45, 7) is 5.60. The summed E-state index contributed by atoms with van der Waals surface area (Å²) in [7, 11) is 0. The Labute approximate surface area is 170 Å². The fourth-order valence-corrected chi connectivity index (χ4v) is 4.13. The summed E-state index contributed by atoms with van der Waals surface area (Å²) in [5, 5.41) is 13.1. The first-order valence-corrected chi connectivity index (χ1v) is 10.3. The molecule has 0 aliphatic heterocycles. The van der Waals surface area contributed by atoms with Gasteiger partial charge in [-0.05, 0) is 57.4 Å². The van der Waals surface area contributed by atoms with E-state index in [2.05, 4.69) is 5.32 Å². The number of nitrogens with zero attached hydrogens (tertiary/aromatic N) is 2.